The Labute approximate surface area is 119 Å². The number of benzene rings is 1. The van der Waals surface area contributed by atoms with Crippen LogP contribution in [0.5, 0.6) is 5.75 Å². The van der Waals surface area contributed by atoms with E-state index >= 15 is 0 Å². The second-order valence-corrected chi connectivity index (χ2v) is 4.76. The Balaban J connectivity index is 2.06. The molecule has 9 heteroatoms. The lowest BCUT2D eigenvalue weighted by Gasteiger charge is -2.24. The average Bonchev–Trinajstić information content (AvgIpc) is 2.95. The Morgan fingerprint density at radius 3 is 3.00 bits per heavy atom. The van der Waals surface area contributed by atoms with Crippen LogP contribution >= 0.6 is 0 Å². The van der Waals surface area contributed by atoms with E-state index in [1.165, 1.54) is 10.7 Å². The molecule has 1 aliphatic rings. The number of hydrogen-bond acceptors (Lipinski definition) is 6. The Hall–Kier alpha value is -1.68. The molecule has 1 fully saturated rings. The molecule has 2 heterocycles. The number of aromatic nitrogens is 2. The highest BCUT2D eigenvalue weighted by Gasteiger charge is 2.26. The molecule has 2 N–H and O–H groups in total. The first kappa shape index (κ1) is 14.3. The van der Waals surface area contributed by atoms with E-state index in [-0.39, 0.29) is 12.0 Å². The van der Waals surface area contributed by atoms with Crippen LogP contribution in [0.1, 0.15) is 25.5 Å². The molecule has 21 heavy (non-hydrogen) atoms. The van der Waals surface area contributed by atoms with Crippen LogP contribution in [0.2, 0.25) is 0 Å². The summed E-state index contributed by atoms with van der Waals surface area (Å²) in [5, 5.41) is 22.4. The summed E-state index contributed by atoms with van der Waals surface area (Å²) in [5.41, 5.74) is 0.345. The standard InChI is InChI=1S/C12H14BFN2O5/c14-9-5-4-8-7-15-16(10-3-1-2-6-19-10)11(8)12(9)20-13(17)21-18/h4-5,7,10,17-18H,1-3,6H2. The van der Waals surface area contributed by atoms with Crippen molar-refractivity contribution in [3.8, 4) is 5.75 Å². The number of ether oxygens (including phenoxy) is 1. The van der Waals surface area contributed by atoms with Gasteiger partial charge in [0, 0.05) is 12.0 Å². The van der Waals surface area contributed by atoms with Gasteiger partial charge in [-0.15, -0.1) is 0 Å². The van der Waals surface area contributed by atoms with Gasteiger partial charge in [0.1, 0.15) is 5.52 Å². The Kier molecular flexibility index (Phi) is 4.06. The maximum Gasteiger partial charge on any atom is 0.739 e. The van der Waals surface area contributed by atoms with Crippen molar-refractivity contribution in [2.45, 2.75) is 25.5 Å². The van der Waals surface area contributed by atoms with Crippen LogP contribution in [0.25, 0.3) is 10.9 Å². The van der Waals surface area contributed by atoms with E-state index in [2.05, 4.69) is 9.90 Å². The normalized spacial score (nSPS) is 18.9. The molecule has 1 atom stereocenters. The lowest BCUT2D eigenvalue weighted by atomic mass is 10.1. The van der Waals surface area contributed by atoms with Crippen LogP contribution in [0.15, 0.2) is 18.3 Å². The number of fused-ring (bicyclic) bond motifs is 1. The molecule has 0 saturated carbocycles. The van der Waals surface area contributed by atoms with Crippen molar-refractivity contribution in [1.82, 2.24) is 9.78 Å². The molecule has 112 valence electrons. The zero-order valence-corrected chi connectivity index (χ0v) is 11.1. The predicted octanol–water partition coefficient (Wildman–Crippen LogP) is 1.72. The lowest BCUT2D eigenvalue weighted by Crippen LogP contribution is -2.26. The van der Waals surface area contributed by atoms with Crippen molar-refractivity contribution in [1.29, 1.82) is 0 Å². The first-order valence-corrected chi connectivity index (χ1v) is 6.63. The van der Waals surface area contributed by atoms with Crippen molar-refractivity contribution in [2.24, 2.45) is 0 Å². The smallest absolute Gasteiger partial charge is 0.507 e. The third-order valence-corrected chi connectivity index (χ3v) is 3.40. The molecule has 0 spiro atoms. The second-order valence-electron chi connectivity index (χ2n) is 4.76. The van der Waals surface area contributed by atoms with E-state index in [1.54, 1.807) is 12.3 Å². The molecule has 7 nitrogen and oxygen atoms in total. The summed E-state index contributed by atoms with van der Waals surface area (Å²) in [6, 6.07) is 2.74. The first-order chi connectivity index (χ1) is 10.2. The Morgan fingerprint density at radius 2 is 2.29 bits per heavy atom. The molecule has 0 amide bonds. The van der Waals surface area contributed by atoms with Gasteiger partial charge in [0.25, 0.3) is 0 Å². The summed E-state index contributed by atoms with van der Waals surface area (Å²) in [6.07, 6.45) is 3.97. The molecular formula is C12H14BFN2O5. The van der Waals surface area contributed by atoms with E-state index in [0.717, 1.165) is 19.3 Å². The molecule has 0 radical (unpaired) electrons. The third-order valence-electron chi connectivity index (χ3n) is 3.40. The first-order valence-electron chi connectivity index (χ1n) is 6.63. The van der Waals surface area contributed by atoms with Gasteiger partial charge in [-0.1, -0.05) is 0 Å². The summed E-state index contributed by atoms with van der Waals surface area (Å²) in [4.78, 5) is 3.63. The predicted molar refractivity (Wildman–Crippen MR) is 70.8 cm³/mol. The van der Waals surface area contributed by atoms with Crippen molar-refractivity contribution < 1.29 is 28.9 Å². The van der Waals surface area contributed by atoms with Crippen molar-refractivity contribution in [2.75, 3.05) is 6.61 Å². The largest absolute Gasteiger partial charge is 0.739 e. The van der Waals surface area contributed by atoms with Gasteiger partial charge in [0.05, 0.1) is 6.20 Å². The summed E-state index contributed by atoms with van der Waals surface area (Å²) < 4.78 is 26.0. The molecular weight excluding hydrogens is 282 g/mol. The van der Waals surface area contributed by atoms with Crippen LogP contribution < -0.4 is 4.65 Å². The van der Waals surface area contributed by atoms with E-state index in [4.69, 9.17) is 14.6 Å². The molecule has 1 aliphatic heterocycles. The topological polar surface area (TPSA) is 86.0 Å². The quantitative estimate of drug-likeness (QED) is 0.507. The van der Waals surface area contributed by atoms with Gasteiger partial charge < -0.3 is 14.4 Å². The zero-order valence-electron chi connectivity index (χ0n) is 11.1. The molecule has 2 aromatic rings. The van der Waals surface area contributed by atoms with Gasteiger partial charge in [-0.25, -0.2) is 13.9 Å². The zero-order chi connectivity index (χ0) is 14.8. The molecule has 0 aliphatic carbocycles. The summed E-state index contributed by atoms with van der Waals surface area (Å²) in [6.45, 7) is 0.611. The van der Waals surface area contributed by atoms with Crippen molar-refractivity contribution in [3.63, 3.8) is 0 Å². The van der Waals surface area contributed by atoms with E-state index in [1.807, 2.05) is 0 Å². The lowest BCUT2D eigenvalue weighted by molar-refractivity contribution is -0.171. The molecule has 1 aromatic carbocycles. The maximum atomic E-state index is 14.0. The minimum Gasteiger partial charge on any atom is -0.507 e. The summed E-state index contributed by atoms with van der Waals surface area (Å²) in [5.74, 6) is -0.947. The number of rotatable bonds is 4. The van der Waals surface area contributed by atoms with Gasteiger partial charge in [0.15, 0.2) is 17.8 Å². The average molecular weight is 296 g/mol. The Morgan fingerprint density at radius 1 is 1.43 bits per heavy atom. The number of hydrogen-bond donors (Lipinski definition) is 2. The van der Waals surface area contributed by atoms with Gasteiger partial charge in [-0.3, -0.25) is 5.26 Å². The maximum absolute atomic E-state index is 14.0. The fourth-order valence-corrected chi connectivity index (χ4v) is 2.45. The van der Waals surface area contributed by atoms with Gasteiger partial charge in [-0.2, -0.15) is 5.10 Å². The van der Waals surface area contributed by atoms with Gasteiger partial charge >= 0.3 is 7.32 Å². The van der Waals surface area contributed by atoms with Crippen LogP contribution in [0, 0.1) is 5.82 Å². The van der Waals surface area contributed by atoms with Gasteiger partial charge in [-0.05, 0) is 31.4 Å². The molecule has 3 rings (SSSR count). The highest BCUT2D eigenvalue weighted by molar-refractivity contribution is 6.35. The van der Waals surface area contributed by atoms with Crippen molar-refractivity contribution >= 4 is 18.2 Å². The number of halogens is 1. The third kappa shape index (κ3) is 2.73. The number of nitrogens with zero attached hydrogens (tertiary/aromatic N) is 2. The van der Waals surface area contributed by atoms with Crippen LogP contribution in [0.4, 0.5) is 4.39 Å². The van der Waals surface area contributed by atoms with E-state index in [0.29, 0.717) is 17.5 Å². The van der Waals surface area contributed by atoms with E-state index in [9.17, 15) is 9.41 Å². The van der Waals surface area contributed by atoms with Crippen LogP contribution in [0.3, 0.4) is 0 Å². The highest BCUT2D eigenvalue weighted by atomic mass is 19.1. The van der Waals surface area contributed by atoms with Crippen molar-refractivity contribution in [3.05, 3.63) is 24.1 Å². The van der Waals surface area contributed by atoms with Gasteiger partial charge in [0.2, 0.25) is 0 Å². The minimum absolute atomic E-state index is 0.249. The molecule has 1 saturated heterocycles. The summed E-state index contributed by atoms with van der Waals surface area (Å²) in [7, 11) is -1.99. The minimum atomic E-state index is -1.99. The second kappa shape index (κ2) is 5.98. The SMILES string of the molecule is OOB(O)Oc1c(F)ccc2cnn(C3CCCCO3)c12. The van der Waals surface area contributed by atoms with Crippen LogP contribution in [-0.2, 0) is 9.54 Å². The van der Waals surface area contributed by atoms with Crippen LogP contribution in [-0.4, -0.2) is 34.0 Å². The molecule has 1 unspecified atom stereocenters. The highest BCUT2D eigenvalue weighted by Crippen LogP contribution is 2.33. The monoisotopic (exact) mass is 296 g/mol. The fraction of sp³-hybridized carbons (Fsp3) is 0.417. The molecule has 0 bridgehead atoms. The van der Waals surface area contributed by atoms with E-state index < -0.39 is 13.1 Å². The molecule has 1 aromatic heterocycles. The Bertz CT molecular complexity index is 631. The fourth-order valence-electron chi connectivity index (χ4n) is 2.45. The summed E-state index contributed by atoms with van der Waals surface area (Å²) >= 11 is 0.